The Morgan fingerprint density at radius 3 is 2.69 bits per heavy atom. The van der Waals surface area contributed by atoms with E-state index in [9.17, 15) is 4.79 Å². The van der Waals surface area contributed by atoms with E-state index in [1.165, 1.54) is 11.3 Å². The number of Topliss-reactive ketones (excluding diaryl/α,β-unsaturated/α-hetero) is 1. The fourth-order valence-electron chi connectivity index (χ4n) is 0.858. The molecular weight excluding hydrogens is 250 g/mol. The molecule has 0 fully saturated rings. The van der Waals surface area contributed by atoms with E-state index in [1.54, 1.807) is 0 Å². The predicted molar refractivity (Wildman–Crippen MR) is 59.2 cm³/mol. The average molecular weight is 262 g/mol. The molecule has 2 N–H and O–H groups in total. The van der Waals surface area contributed by atoms with Gasteiger partial charge in [-0.1, -0.05) is 13.8 Å². The minimum Gasteiger partial charge on any atom is -0.329 e. The molecule has 0 amide bonds. The van der Waals surface area contributed by atoms with Crippen LogP contribution in [0.3, 0.4) is 0 Å². The minimum absolute atomic E-state index is 0.116. The molecular formula is C9H12BrNOS. The van der Waals surface area contributed by atoms with Crippen LogP contribution in [0.5, 0.6) is 0 Å². The van der Waals surface area contributed by atoms with Gasteiger partial charge in [-0.2, -0.15) is 0 Å². The normalized spacial score (nSPS) is 11.7. The van der Waals surface area contributed by atoms with Gasteiger partial charge in [0, 0.05) is 21.8 Å². The average Bonchev–Trinajstić information content (AvgIpc) is 2.50. The highest BCUT2D eigenvalue weighted by molar-refractivity contribution is 9.10. The number of nitrogens with two attached hydrogens (primary N) is 1. The maximum Gasteiger partial charge on any atom is 0.179 e. The third-order valence-electron chi connectivity index (χ3n) is 1.92. The lowest BCUT2D eigenvalue weighted by Crippen LogP contribution is -2.32. The smallest absolute Gasteiger partial charge is 0.179 e. The molecule has 4 heteroatoms. The second-order valence-electron chi connectivity index (χ2n) is 3.55. The van der Waals surface area contributed by atoms with E-state index in [-0.39, 0.29) is 5.78 Å². The van der Waals surface area contributed by atoms with Gasteiger partial charge in [0.05, 0.1) is 4.88 Å². The number of rotatable bonds is 3. The summed E-state index contributed by atoms with van der Waals surface area (Å²) in [6, 6.07) is 1.84. The summed E-state index contributed by atoms with van der Waals surface area (Å²) in [7, 11) is 0. The molecule has 0 atom stereocenters. The Morgan fingerprint density at radius 2 is 2.31 bits per heavy atom. The third kappa shape index (κ3) is 2.39. The molecule has 0 aliphatic heterocycles. The highest BCUT2D eigenvalue weighted by atomic mass is 79.9. The largest absolute Gasteiger partial charge is 0.329 e. The summed E-state index contributed by atoms with van der Waals surface area (Å²) < 4.78 is 0.952. The van der Waals surface area contributed by atoms with Gasteiger partial charge in [0.15, 0.2) is 5.78 Å². The molecule has 1 rings (SSSR count). The maximum atomic E-state index is 11.8. The molecule has 1 heterocycles. The molecule has 2 nitrogen and oxygen atoms in total. The first-order valence-corrected chi connectivity index (χ1v) is 5.63. The van der Waals surface area contributed by atoms with Crippen LogP contribution in [0.4, 0.5) is 0 Å². The summed E-state index contributed by atoms with van der Waals surface area (Å²) >= 11 is 4.76. The van der Waals surface area contributed by atoms with Crippen LogP contribution in [-0.4, -0.2) is 12.3 Å². The first-order chi connectivity index (χ1) is 5.97. The van der Waals surface area contributed by atoms with Gasteiger partial charge in [0.1, 0.15) is 0 Å². The fourth-order valence-corrected chi connectivity index (χ4v) is 2.41. The van der Waals surface area contributed by atoms with Crippen molar-refractivity contribution in [2.45, 2.75) is 13.8 Å². The predicted octanol–water partition coefficient (Wildman–Crippen LogP) is 2.68. The van der Waals surface area contributed by atoms with E-state index in [0.717, 1.165) is 9.35 Å². The van der Waals surface area contributed by atoms with Crippen LogP contribution in [-0.2, 0) is 0 Å². The highest BCUT2D eigenvalue weighted by Crippen LogP contribution is 2.27. The monoisotopic (exact) mass is 261 g/mol. The Kier molecular flexibility index (Phi) is 3.27. The fraction of sp³-hybridized carbons (Fsp3) is 0.444. The third-order valence-corrected chi connectivity index (χ3v) is 3.61. The van der Waals surface area contributed by atoms with Crippen LogP contribution in [0.1, 0.15) is 23.5 Å². The van der Waals surface area contributed by atoms with Crippen molar-refractivity contribution in [3.63, 3.8) is 0 Å². The number of thiophene rings is 1. The summed E-state index contributed by atoms with van der Waals surface area (Å²) in [4.78, 5) is 12.6. The summed E-state index contributed by atoms with van der Waals surface area (Å²) in [6.45, 7) is 4.10. The topological polar surface area (TPSA) is 43.1 Å². The molecule has 1 aromatic rings. The van der Waals surface area contributed by atoms with Crippen LogP contribution in [0.25, 0.3) is 0 Å². The molecule has 0 aliphatic carbocycles. The van der Waals surface area contributed by atoms with Crippen LogP contribution < -0.4 is 5.73 Å². The molecule has 0 radical (unpaired) electrons. The lowest BCUT2D eigenvalue weighted by molar-refractivity contribution is 0.0852. The molecule has 0 saturated carbocycles. The van der Waals surface area contributed by atoms with Crippen LogP contribution in [0.15, 0.2) is 15.9 Å². The van der Waals surface area contributed by atoms with Gasteiger partial charge in [-0.05, 0) is 22.0 Å². The summed E-state index contributed by atoms with van der Waals surface area (Å²) in [5.41, 5.74) is 5.07. The zero-order valence-corrected chi connectivity index (χ0v) is 10.0. The van der Waals surface area contributed by atoms with Gasteiger partial charge in [-0.25, -0.2) is 0 Å². The lowest BCUT2D eigenvalue weighted by Gasteiger charge is -2.19. The Hall–Kier alpha value is -0.190. The van der Waals surface area contributed by atoms with Crippen molar-refractivity contribution in [2.75, 3.05) is 6.54 Å². The van der Waals surface area contributed by atoms with E-state index in [0.29, 0.717) is 6.54 Å². The molecule has 72 valence electrons. The first-order valence-electron chi connectivity index (χ1n) is 3.96. The van der Waals surface area contributed by atoms with E-state index in [2.05, 4.69) is 15.9 Å². The molecule has 0 aromatic carbocycles. The summed E-state index contributed by atoms with van der Waals surface area (Å²) in [6.07, 6.45) is 0. The van der Waals surface area contributed by atoms with Gasteiger partial charge in [-0.15, -0.1) is 11.3 Å². The standard InChI is InChI=1S/C9H12BrNOS/c1-9(2,5-11)8(12)7-3-6(10)4-13-7/h3-4H,5,11H2,1-2H3. The highest BCUT2D eigenvalue weighted by Gasteiger charge is 2.27. The van der Waals surface area contributed by atoms with Crippen LogP contribution >= 0.6 is 27.3 Å². The molecule has 1 aromatic heterocycles. The van der Waals surface area contributed by atoms with Gasteiger partial charge in [0.2, 0.25) is 0 Å². The Labute approximate surface area is 90.3 Å². The zero-order valence-electron chi connectivity index (χ0n) is 7.63. The molecule has 0 aliphatic rings. The number of hydrogen-bond donors (Lipinski definition) is 1. The maximum absolute atomic E-state index is 11.8. The minimum atomic E-state index is -0.454. The summed E-state index contributed by atoms with van der Waals surface area (Å²) in [5, 5.41) is 1.90. The summed E-state index contributed by atoms with van der Waals surface area (Å²) in [5.74, 6) is 0.116. The van der Waals surface area contributed by atoms with Gasteiger partial charge < -0.3 is 5.73 Å². The second-order valence-corrected chi connectivity index (χ2v) is 5.37. The van der Waals surface area contributed by atoms with Crippen molar-refractivity contribution in [1.29, 1.82) is 0 Å². The van der Waals surface area contributed by atoms with Gasteiger partial charge in [-0.3, -0.25) is 4.79 Å². The Bertz CT molecular complexity index is 319. The van der Waals surface area contributed by atoms with Crippen molar-refractivity contribution >= 4 is 33.0 Å². The van der Waals surface area contributed by atoms with Crippen molar-refractivity contribution in [3.05, 3.63) is 20.8 Å². The molecule has 0 bridgehead atoms. The van der Waals surface area contributed by atoms with E-state index >= 15 is 0 Å². The number of ketones is 1. The van der Waals surface area contributed by atoms with Crippen molar-refractivity contribution in [2.24, 2.45) is 11.1 Å². The lowest BCUT2D eigenvalue weighted by atomic mass is 9.87. The van der Waals surface area contributed by atoms with Gasteiger partial charge in [0.25, 0.3) is 0 Å². The SMILES string of the molecule is CC(C)(CN)C(=O)c1cc(Br)cs1. The van der Waals surface area contributed by atoms with E-state index in [1.807, 2.05) is 25.3 Å². The Morgan fingerprint density at radius 1 is 1.69 bits per heavy atom. The van der Waals surface area contributed by atoms with Crippen molar-refractivity contribution < 1.29 is 4.79 Å². The van der Waals surface area contributed by atoms with Crippen LogP contribution in [0, 0.1) is 5.41 Å². The quantitative estimate of drug-likeness (QED) is 0.851. The van der Waals surface area contributed by atoms with Crippen molar-refractivity contribution in [3.8, 4) is 0 Å². The number of halogens is 1. The molecule has 0 unspecified atom stereocenters. The first kappa shape index (κ1) is 10.9. The second kappa shape index (κ2) is 3.90. The number of hydrogen-bond acceptors (Lipinski definition) is 3. The Balaban J connectivity index is 2.91. The molecule has 0 saturated heterocycles. The van der Waals surface area contributed by atoms with E-state index in [4.69, 9.17) is 5.73 Å². The number of carbonyl (C=O) groups excluding carboxylic acids is 1. The van der Waals surface area contributed by atoms with Crippen LogP contribution in [0.2, 0.25) is 0 Å². The number of carbonyl (C=O) groups is 1. The van der Waals surface area contributed by atoms with Gasteiger partial charge >= 0.3 is 0 Å². The van der Waals surface area contributed by atoms with Crippen molar-refractivity contribution in [1.82, 2.24) is 0 Å². The molecule has 0 spiro atoms. The van der Waals surface area contributed by atoms with E-state index < -0.39 is 5.41 Å². The molecule has 13 heavy (non-hydrogen) atoms. The zero-order chi connectivity index (χ0) is 10.1.